The van der Waals surface area contributed by atoms with Crippen molar-refractivity contribution in [2.75, 3.05) is 13.7 Å². The second-order valence-electron chi connectivity index (χ2n) is 5.52. The minimum atomic E-state index is 0.339. The van der Waals surface area contributed by atoms with E-state index in [0.29, 0.717) is 12.1 Å². The van der Waals surface area contributed by atoms with Crippen molar-refractivity contribution in [1.82, 2.24) is 5.32 Å². The van der Waals surface area contributed by atoms with Crippen LogP contribution in [-0.2, 0) is 4.74 Å². The summed E-state index contributed by atoms with van der Waals surface area (Å²) < 4.78 is 5.44. The van der Waals surface area contributed by atoms with Gasteiger partial charge >= 0.3 is 0 Å². The van der Waals surface area contributed by atoms with Crippen LogP contribution >= 0.6 is 0 Å². The van der Waals surface area contributed by atoms with Gasteiger partial charge in [-0.2, -0.15) is 0 Å². The molecule has 0 bridgehead atoms. The van der Waals surface area contributed by atoms with Gasteiger partial charge < -0.3 is 10.1 Å². The van der Waals surface area contributed by atoms with E-state index >= 15 is 0 Å². The number of rotatable bonds is 7. The third-order valence-corrected chi connectivity index (χ3v) is 3.88. The summed E-state index contributed by atoms with van der Waals surface area (Å²) in [5.74, 6) is 0. The van der Waals surface area contributed by atoms with E-state index in [2.05, 4.69) is 25.2 Å². The van der Waals surface area contributed by atoms with Crippen LogP contribution in [0.25, 0.3) is 0 Å². The first kappa shape index (κ1) is 15.7. The molecule has 2 atom stereocenters. The Labute approximate surface area is 113 Å². The molecule has 0 amide bonds. The van der Waals surface area contributed by atoms with Gasteiger partial charge in [0, 0.05) is 13.2 Å². The Kier molecular flexibility index (Phi) is 8.36. The molecule has 106 valence electrons. The van der Waals surface area contributed by atoms with Gasteiger partial charge in [-0.05, 0) is 52.0 Å². The topological polar surface area (TPSA) is 21.3 Å². The average molecular weight is 253 g/mol. The lowest BCUT2D eigenvalue weighted by Crippen LogP contribution is -2.35. The van der Waals surface area contributed by atoms with Gasteiger partial charge in [-0.3, -0.25) is 0 Å². The maximum atomic E-state index is 5.44. The normalized spacial score (nSPS) is 20.7. The highest BCUT2D eigenvalue weighted by Crippen LogP contribution is 2.22. The predicted octanol–water partition coefficient (Wildman–Crippen LogP) is 4.06. The molecule has 0 aromatic carbocycles. The molecule has 2 unspecified atom stereocenters. The first-order valence-electron chi connectivity index (χ1n) is 7.73. The smallest absolute Gasteiger partial charge is 0.0561 e. The standard InChI is InChI=1S/C16H31NO/c1-4-12-17-16(13-14(2)18-3)15-10-8-6-5-7-9-11-15/h10,14,16-17H,4-9,11-13H2,1-3H3. The molecule has 1 N–H and O–H groups in total. The molecule has 0 spiro atoms. The average Bonchev–Trinajstić information content (AvgIpc) is 2.34. The van der Waals surface area contributed by atoms with Crippen LogP contribution in [0.4, 0.5) is 0 Å². The summed E-state index contributed by atoms with van der Waals surface area (Å²) in [4.78, 5) is 0. The quantitative estimate of drug-likeness (QED) is 0.691. The predicted molar refractivity (Wildman–Crippen MR) is 79.0 cm³/mol. The summed E-state index contributed by atoms with van der Waals surface area (Å²) in [6.45, 7) is 5.51. The third kappa shape index (κ3) is 6.01. The molecule has 18 heavy (non-hydrogen) atoms. The fourth-order valence-corrected chi connectivity index (χ4v) is 2.65. The molecule has 0 saturated heterocycles. The van der Waals surface area contributed by atoms with Gasteiger partial charge in [-0.25, -0.2) is 0 Å². The van der Waals surface area contributed by atoms with Crippen molar-refractivity contribution in [3.8, 4) is 0 Å². The molecule has 0 saturated carbocycles. The molecule has 1 aliphatic carbocycles. The second kappa shape index (κ2) is 9.57. The van der Waals surface area contributed by atoms with Crippen LogP contribution in [0.15, 0.2) is 11.6 Å². The molecule has 2 heteroatoms. The van der Waals surface area contributed by atoms with E-state index in [4.69, 9.17) is 4.74 Å². The molecule has 0 heterocycles. The van der Waals surface area contributed by atoms with Crippen molar-refractivity contribution in [3.63, 3.8) is 0 Å². The van der Waals surface area contributed by atoms with Gasteiger partial charge in [-0.15, -0.1) is 0 Å². The highest BCUT2D eigenvalue weighted by atomic mass is 16.5. The summed E-state index contributed by atoms with van der Waals surface area (Å²) in [6.07, 6.45) is 13.2. The Morgan fingerprint density at radius 1 is 1.28 bits per heavy atom. The van der Waals surface area contributed by atoms with E-state index in [9.17, 15) is 0 Å². The van der Waals surface area contributed by atoms with E-state index in [1.165, 1.54) is 44.9 Å². The second-order valence-corrected chi connectivity index (χ2v) is 5.52. The molecule has 0 aromatic rings. The molecule has 2 nitrogen and oxygen atoms in total. The van der Waals surface area contributed by atoms with E-state index in [0.717, 1.165) is 13.0 Å². The molecular formula is C16H31NO. The SMILES string of the molecule is CCCNC(CC(C)OC)C1=CCCCCCC1. The van der Waals surface area contributed by atoms with Crippen molar-refractivity contribution in [2.24, 2.45) is 0 Å². The largest absolute Gasteiger partial charge is 0.382 e. The van der Waals surface area contributed by atoms with Crippen LogP contribution < -0.4 is 5.32 Å². The van der Waals surface area contributed by atoms with Gasteiger partial charge in [-0.1, -0.05) is 31.4 Å². The molecule has 0 aromatic heterocycles. The third-order valence-electron chi connectivity index (χ3n) is 3.88. The van der Waals surface area contributed by atoms with Gasteiger partial charge in [0.15, 0.2) is 0 Å². The number of hydrogen-bond donors (Lipinski definition) is 1. The lowest BCUT2D eigenvalue weighted by molar-refractivity contribution is 0.103. The highest BCUT2D eigenvalue weighted by molar-refractivity contribution is 5.12. The molecule has 1 aliphatic rings. The minimum absolute atomic E-state index is 0.339. The Hall–Kier alpha value is -0.340. The summed E-state index contributed by atoms with van der Waals surface area (Å²) in [6, 6.07) is 0.526. The number of ether oxygens (including phenoxy) is 1. The van der Waals surface area contributed by atoms with Crippen molar-refractivity contribution in [2.45, 2.75) is 77.4 Å². The van der Waals surface area contributed by atoms with Crippen molar-refractivity contribution in [1.29, 1.82) is 0 Å². The van der Waals surface area contributed by atoms with E-state index in [1.807, 2.05) is 7.11 Å². The van der Waals surface area contributed by atoms with Crippen LogP contribution in [0.1, 0.15) is 65.2 Å². The van der Waals surface area contributed by atoms with Crippen LogP contribution in [-0.4, -0.2) is 25.8 Å². The van der Waals surface area contributed by atoms with Gasteiger partial charge in [0.25, 0.3) is 0 Å². The van der Waals surface area contributed by atoms with Crippen LogP contribution in [0.2, 0.25) is 0 Å². The Morgan fingerprint density at radius 3 is 2.78 bits per heavy atom. The number of nitrogens with one attached hydrogen (secondary N) is 1. The van der Waals surface area contributed by atoms with Crippen molar-refractivity contribution in [3.05, 3.63) is 11.6 Å². The molecular weight excluding hydrogens is 222 g/mol. The van der Waals surface area contributed by atoms with Gasteiger partial charge in [0.2, 0.25) is 0 Å². The van der Waals surface area contributed by atoms with E-state index in [-0.39, 0.29) is 0 Å². The monoisotopic (exact) mass is 253 g/mol. The summed E-state index contributed by atoms with van der Waals surface area (Å²) in [5.41, 5.74) is 1.63. The minimum Gasteiger partial charge on any atom is -0.382 e. The van der Waals surface area contributed by atoms with E-state index in [1.54, 1.807) is 5.57 Å². The fraction of sp³-hybridized carbons (Fsp3) is 0.875. The Bertz CT molecular complexity index is 237. The number of hydrogen-bond acceptors (Lipinski definition) is 2. The number of methoxy groups -OCH3 is 1. The first-order chi connectivity index (χ1) is 8.77. The zero-order valence-corrected chi connectivity index (χ0v) is 12.5. The fourth-order valence-electron chi connectivity index (χ4n) is 2.65. The zero-order valence-electron chi connectivity index (χ0n) is 12.5. The van der Waals surface area contributed by atoms with Crippen LogP contribution in [0.3, 0.4) is 0 Å². The number of allylic oxidation sites excluding steroid dienone is 1. The van der Waals surface area contributed by atoms with Crippen LogP contribution in [0.5, 0.6) is 0 Å². The first-order valence-corrected chi connectivity index (χ1v) is 7.73. The summed E-state index contributed by atoms with van der Waals surface area (Å²) in [7, 11) is 1.81. The van der Waals surface area contributed by atoms with Crippen LogP contribution in [0, 0.1) is 0 Å². The lowest BCUT2D eigenvalue weighted by Gasteiger charge is -2.25. The van der Waals surface area contributed by atoms with Gasteiger partial charge in [0.1, 0.15) is 0 Å². The van der Waals surface area contributed by atoms with Gasteiger partial charge in [0.05, 0.1) is 6.10 Å². The molecule has 1 rings (SSSR count). The zero-order chi connectivity index (χ0) is 13.2. The highest BCUT2D eigenvalue weighted by Gasteiger charge is 2.17. The maximum Gasteiger partial charge on any atom is 0.0561 e. The summed E-state index contributed by atoms with van der Waals surface area (Å²) >= 11 is 0. The molecule has 0 fully saturated rings. The van der Waals surface area contributed by atoms with Crippen molar-refractivity contribution < 1.29 is 4.74 Å². The Balaban J connectivity index is 2.59. The van der Waals surface area contributed by atoms with E-state index < -0.39 is 0 Å². The molecule has 0 radical (unpaired) electrons. The maximum absolute atomic E-state index is 5.44. The molecule has 0 aliphatic heterocycles. The van der Waals surface area contributed by atoms with Crippen molar-refractivity contribution >= 4 is 0 Å². The Morgan fingerprint density at radius 2 is 2.06 bits per heavy atom. The summed E-state index contributed by atoms with van der Waals surface area (Å²) in [5, 5.41) is 3.70. The lowest BCUT2D eigenvalue weighted by atomic mass is 9.92.